The van der Waals surface area contributed by atoms with Crippen molar-refractivity contribution in [2.45, 2.75) is 47.7 Å². The number of carbonyl (C=O) groups is 1. The molecule has 0 aromatic carbocycles. The molecule has 1 aliphatic rings. The lowest BCUT2D eigenvalue weighted by molar-refractivity contribution is -0.146. The van der Waals surface area contributed by atoms with Gasteiger partial charge in [-0.05, 0) is 32.2 Å². The molecule has 0 radical (unpaired) electrons. The number of carboxylic acid groups (broad SMARTS) is 1. The highest BCUT2D eigenvalue weighted by atomic mass is 32.2. The Bertz CT molecular complexity index is 395. The van der Waals surface area contributed by atoms with Crippen LogP contribution in [0, 0.1) is 0 Å². The third kappa shape index (κ3) is 3.02. The Hall–Kier alpha value is -0.660. The van der Waals surface area contributed by atoms with Crippen molar-refractivity contribution < 1.29 is 9.90 Å². The first kappa shape index (κ1) is 13.8. The molecular formula is C11H17N3O2S2. The van der Waals surface area contributed by atoms with Crippen LogP contribution in [0.3, 0.4) is 0 Å². The number of nitrogens with zero attached hydrogens (tertiary/aromatic N) is 2. The summed E-state index contributed by atoms with van der Waals surface area (Å²) < 4.78 is 0.928. The molecule has 18 heavy (non-hydrogen) atoms. The molecule has 100 valence electrons. The molecule has 7 heteroatoms. The van der Waals surface area contributed by atoms with Gasteiger partial charge in [-0.25, -0.2) is 0 Å². The normalized spacial score (nSPS) is 28.2. The van der Waals surface area contributed by atoms with E-state index in [0.29, 0.717) is 24.6 Å². The van der Waals surface area contributed by atoms with Gasteiger partial charge in [0, 0.05) is 5.25 Å². The van der Waals surface area contributed by atoms with Crippen LogP contribution in [0.5, 0.6) is 0 Å². The number of aliphatic carboxylic acids is 1. The quantitative estimate of drug-likeness (QED) is 0.863. The van der Waals surface area contributed by atoms with Crippen LogP contribution in [-0.4, -0.2) is 38.6 Å². The standard InChI is InChI=1S/C11H17N3O2S2/c1-2-12-11(9(15)16)5-3-4-8(6-11)18-10-14-13-7-17-10/h7-8,12H,2-6H2,1H3,(H,15,16). The van der Waals surface area contributed by atoms with Gasteiger partial charge in [0.2, 0.25) is 0 Å². The molecular weight excluding hydrogens is 270 g/mol. The second-order valence-corrected chi connectivity index (χ2v) is 6.84. The van der Waals surface area contributed by atoms with Crippen LogP contribution >= 0.6 is 23.1 Å². The largest absolute Gasteiger partial charge is 0.480 e. The summed E-state index contributed by atoms with van der Waals surface area (Å²) in [5.41, 5.74) is 0.954. The summed E-state index contributed by atoms with van der Waals surface area (Å²) in [6.07, 6.45) is 3.35. The molecule has 2 N–H and O–H groups in total. The van der Waals surface area contributed by atoms with Gasteiger partial charge in [0.25, 0.3) is 0 Å². The topological polar surface area (TPSA) is 75.1 Å². The molecule has 0 amide bonds. The van der Waals surface area contributed by atoms with Gasteiger partial charge in [-0.2, -0.15) is 0 Å². The van der Waals surface area contributed by atoms with E-state index >= 15 is 0 Å². The van der Waals surface area contributed by atoms with E-state index in [4.69, 9.17) is 0 Å². The molecule has 2 unspecified atom stereocenters. The number of likely N-dealkylation sites (N-methyl/N-ethyl adjacent to an activating group) is 1. The first-order chi connectivity index (χ1) is 8.66. The van der Waals surface area contributed by atoms with E-state index in [-0.39, 0.29) is 0 Å². The molecule has 1 heterocycles. The smallest absolute Gasteiger partial charge is 0.323 e. The number of hydrogen-bond acceptors (Lipinski definition) is 6. The van der Waals surface area contributed by atoms with Crippen LogP contribution in [0.25, 0.3) is 0 Å². The predicted octanol–water partition coefficient (Wildman–Crippen LogP) is 2.01. The third-order valence-corrected chi connectivity index (χ3v) is 5.32. The number of carboxylic acids is 1. The van der Waals surface area contributed by atoms with Gasteiger partial charge in [0.15, 0.2) is 4.34 Å². The van der Waals surface area contributed by atoms with Gasteiger partial charge >= 0.3 is 5.97 Å². The molecule has 1 aromatic heterocycles. The summed E-state index contributed by atoms with van der Waals surface area (Å²) in [5, 5.41) is 20.8. The minimum absolute atomic E-state index is 0.307. The zero-order valence-electron chi connectivity index (χ0n) is 10.3. The van der Waals surface area contributed by atoms with E-state index < -0.39 is 11.5 Å². The van der Waals surface area contributed by atoms with Crippen molar-refractivity contribution in [2.24, 2.45) is 0 Å². The van der Waals surface area contributed by atoms with E-state index in [1.54, 1.807) is 17.3 Å². The Balaban J connectivity index is 2.04. The molecule has 0 saturated heterocycles. The summed E-state index contributed by atoms with van der Waals surface area (Å²) in [4.78, 5) is 11.5. The first-order valence-electron chi connectivity index (χ1n) is 6.07. The fourth-order valence-electron chi connectivity index (χ4n) is 2.45. The van der Waals surface area contributed by atoms with Crippen molar-refractivity contribution in [3.8, 4) is 0 Å². The highest BCUT2D eigenvalue weighted by Crippen LogP contribution is 2.38. The fourth-order valence-corrected chi connectivity index (χ4v) is 4.52. The summed E-state index contributed by atoms with van der Waals surface area (Å²) in [6, 6.07) is 0. The van der Waals surface area contributed by atoms with E-state index in [1.807, 2.05) is 6.92 Å². The Morgan fingerprint density at radius 1 is 1.78 bits per heavy atom. The van der Waals surface area contributed by atoms with Crippen molar-refractivity contribution in [3.05, 3.63) is 5.51 Å². The van der Waals surface area contributed by atoms with Gasteiger partial charge in [0.05, 0.1) is 0 Å². The van der Waals surface area contributed by atoms with Crippen LogP contribution < -0.4 is 5.32 Å². The summed E-state index contributed by atoms with van der Waals surface area (Å²) in [5.74, 6) is -0.730. The maximum atomic E-state index is 11.5. The highest BCUT2D eigenvalue weighted by Gasteiger charge is 2.42. The van der Waals surface area contributed by atoms with Gasteiger partial charge in [0.1, 0.15) is 11.0 Å². The molecule has 1 aliphatic carbocycles. The summed E-state index contributed by atoms with van der Waals surface area (Å²) in [6.45, 7) is 2.63. The van der Waals surface area contributed by atoms with Crippen LogP contribution in [-0.2, 0) is 4.79 Å². The fraction of sp³-hybridized carbons (Fsp3) is 0.727. The average molecular weight is 287 g/mol. The van der Waals surface area contributed by atoms with Crippen LogP contribution in [0.1, 0.15) is 32.6 Å². The van der Waals surface area contributed by atoms with Gasteiger partial charge in [-0.1, -0.05) is 30.0 Å². The van der Waals surface area contributed by atoms with Crippen molar-refractivity contribution >= 4 is 29.1 Å². The minimum atomic E-state index is -0.755. The average Bonchev–Trinajstić information content (AvgIpc) is 2.82. The Labute approximate surface area is 114 Å². The Morgan fingerprint density at radius 3 is 3.22 bits per heavy atom. The zero-order valence-corrected chi connectivity index (χ0v) is 11.9. The molecule has 2 atom stereocenters. The highest BCUT2D eigenvalue weighted by molar-refractivity contribution is 8.01. The van der Waals surface area contributed by atoms with Crippen LogP contribution in [0.4, 0.5) is 0 Å². The van der Waals surface area contributed by atoms with E-state index in [1.165, 1.54) is 11.3 Å². The number of thioether (sulfide) groups is 1. The Kier molecular flexibility index (Phi) is 4.58. The molecule has 5 nitrogen and oxygen atoms in total. The molecule has 2 rings (SSSR count). The van der Waals surface area contributed by atoms with Crippen molar-refractivity contribution in [1.29, 1.82) is 0 Å². The van der Waals surface area contributed by atoms with E-state index in [9.17, 15) is 9.90 Å². The van der Waals surface area contributed by atoms with Crippen molar-refractivity contribution in [3.63, 3.8) is 0 Å². The minimum Gasteiger partial charge on any atom is -0.480 e. The maximum Gasteiger partial charge on any atom is 0.323 e. The van der Waals surface area contributed by atoms with Crippen LogP contribution in [0.2, 0.25) is 0 Å². The van der Waals surface area contributed by atoms with Crippen molar-refractivity contribution in [2.75, 3.05) is 6.54 Å². The lowest BCUT2D eigenvalue weighted by atomic mass is 9.81. The van der Waals surface area contributed by atoms with Gasteiger partial charge in [-0.15, -0.1) is 10.2 Å². The SMILES string of the molecule is CCNC1(C(=O)O)CCCC(Sc2nncs2)C1. The monoisotopic (exact) mass is 287 g/mol. The zero-order chi connectivity index (χ0) is 13.0. The molecule has 0 aliphatic heterocycles. The van der Waals surface area contributed by atoms with E-state index in [0.717, 1.165) is 17.2 Å². The first-order valence-corrected chi connectivity index (χ1v) is 7.83. The van der Waals surface area contributed by atoms with E-state index in [2.05, 4.69) is 15.5 Å². The third-order valence-electron chi connectivity index (χ3n) is 3.24. The molecule has 1 saturated carbocycles. The lowest BCUT2D eigenvalue weighted by Crippen LogP contribution is -2.55. The molecule has 0 spiro atoms. The van der Waals surface area contributed by atoms with Gasteiger partial charge in [-0.3, -0.25) is 4.79 Å². The summed E-state index contributed by atoms with van der Waals surface area (Å²) >= 11 is 3.17. The predicted molar refractivity (Wildman–Crippen MR) is 72.1 cm³/mol. The number of rotatable bonds is 5. The molecule has 1 fully saturated rings. The Morgan fingerprint density at radius 2 is 2.61 bits per heavy atom. The second kappa shape index (κ2) is 5.99. The van der Waals surface area contributed by atoms with Crippen molar-refractivity contribution in [1.82, 2.24) is 15.5 Å². The second-order valence-electron chi connectivity index (χ2n) is 4.46. The maximum absolute atomic E-state index is 11.5. The number of hydrogen-bond donors (Lipinski definition) is 2. The van der Waals surface area contributed by atoms with Gasteiger partial charge < -0.3 is 10.4 Å². The molecule has 1 aromatic rings. The molecule has 0 bridgehead atoms. The number of nitrogens with one attached hydrogen (secondary N) is 1. The lowest BCUT2D eigenvalue weighted by Gasteiger charge is -2.37. The summed E-state index contributed by atoms with van der Waals surface area (Å²) in [7, 11) is 0. The number of aromatic nitrogens is 2. The van der Waals surface area contributed by atoms with Crippen LogP contribution in [0.15, 0.2) is 9.85 Å².